The van der Waals surface area contributed by atoms with Crippen molar-refractivity contribution in [2.75, 3.05) is 13.2 Å². The van der Waals surface area contributed by atoms with Gasteiger partial charge in [0.15, 0.2) is 0 Å². The van der Waals surface area contributed by atoms with Gasteiger partial charge >= 0.3 is 12.3 Å². The molecule has 4 nitrogen and oxygen atoms in total. The summed E-state index contributed by atoms with van der Waals surface area (Å²) in [7, 11) is -4.37. The lowest BCUT2D eigenvalue weighted by molar-refractivity contribution is -0.122. The first-order valence-electron chi connectivity index (χ1n) is 5.54. The Balaban J connectivity index is 2.93. The van der Waals surface area contributed by atoms with Gasteiger partial charge in [0.05, 0.1) is 11.4 Å². The number of rotatable bonds is 5. The van der Waals surface area contributed by atoms with Crippen LogP contribution in [0.4, 0.5) is 17.6 Å². The molecule has 0 radical (unpaired) electrons. The van der Waals surface area contributed by atoms with E-state index in [-0.39, 0.29) is 5.56 Å². The second-order valence-electron chi connectivity index (χ2n) is 3.87. The van der Waals surface area contributed by atoms with Gasteiger partial charge in [-0.3, -0.25) is 0 Å². The van der Waals surface area contributed by atoms with Crippen LogP contribution >= 0.6 is 0 Å². The summed E-state index contributed by atoms with van der Waals surface area (Å²) >= 11 is 0. The number of benzene rings is 1. The maximum atomic E-state index is 12.7. The van der Waals surface area contributed by atoms with E-state index < -0.39 is 40.4 Å². The lowest BCUT2D eigenvalue weighted by Gasteiger charge is -2.15. The molecule has 0 aliphatic rings. The van der Waals surface area contributed by atoms with E-state index in [1.54, 1.807) is 0 Å². The summed E-state index contributed by atoms with van der Waals surface area (Å²) in [4.78, 5) is -0.391. The summed E-state index contributed by atoms with van der Waals surface area (Å²) in [5, 5.41) is 8.52. The highest BCUT2D eigenvalue weighted by atomic mass is 32.2. The summed E-state index contributed by atoms with van der Waals surface area (Å²) < 4.78 is 74.3. The zero-order valence-electron chi connectivity index (χ0n) is 10.5. The molecule has 0 atom stereocenters. The first-order valence-corrected chi connectivity index (χ1v) is 7.03. The minimum atomic E-state index is -4.46. The first-order chi connectivity index (χ1) is 9.69. The molecule has 0 saturated carbocycles. The number of hydrogen-bond donors (Lipinski definition) is 2. The minimum absolute atomic E-state index is 0.229. The molecule has 0 aliphatic heterocycles. The van der Waals surface area contributed by atoms with Crippen molar-refractivity contribution in [1.82, 2.24) is 4.72 Å². The van der Waals surface area contributed by atoms with Crippen molar-refractivity contribution >= 4 is 10.0 Å². The molecule has 0 aliphatic carbocycles. The molecule has 0 heterocycles. The van der Waals surface area contributed by atoms with E-state index in [4.69, 9.17) is 5.11 Å². The van der Waals surface area contributed by atoms with Crippen LogP contribution < -0.4 is 4.72 Å². The van der Waals surface area contributed by atoms with Crippen molar-refractivity contribution in [3.63, 3.8) is 0 Å². The highest BCUT2D eigenvalue weighted by Gasteiger charge is 2.41. The fourth-order valence-electron chi connectivity index (χ4n) is 1.23. The third-order valence-electron chi connectivity index (χ3n) is 2.27. The van der Waals surface area contributed by atoms with E-state index >= 15 is 0 Å². The normalized spacial score (nSPS) is 12.1. The van der Waals surface area contributed by atoms with E-state index in [2.05, 4.69) is 11.8 Å². The lowest BCUT2D eigenvalue weighted by Crippen LogP contribution is -2.41. The monoisotopic (exact) mass is 325 g/mol. The zero-order chi connectivity index (χ0) is 16.1. The number of nitrogens with one attached hydrogen (secondary N) is 1. The van der Waals surface area contributed by atoms with Crippen LogP contribution in [0.2, 0.25) is 0 Å². The Morgan fingerprint density at radius 1 is 1.33 bits per heavy atom. The maximum Gasteiger partial charge on any atom is 0.320 e. The van der Waals surface area contributed by atoms with Crippen LogP contribution in [0.5, 0.6) is 0 Å². The second-order valence-corrected chi connectivity index (χ2v) is 5.64. The van der Waals surface area contributed by atoms with Crippen molar-refractivity contribution in [2.24, 2.45) is 0 Å². The van der Waals surface area contributed by atoms with E-state index in [1.165, 1.54) is 16.9 Å². The van der Waals surface area contributed by atoms with Crippen LogP contribution in [0.25, 0.3) is 0 Å². The molecule has 0 fully saturated rings. The van der Waals surface area contributed by atoms with E-state index in [0.717, 1.165) is 12.1 Å². The molecule has 0 bridgehead atoms. The predicted molar refractivity (Wildman–Crippen MR) is 66.5 cm³/mol. The average Bonchev–Trinajstić information content (AvgIpc) is 2.43. The Morgan fingerprint density at radius 3 is 2.57 bits per heavy atom. The molecule has 1 aromatic rings. The van der Waals surface area contributed by atoms with Gasteiger partial charge in [-0.1, -0.05) is 17.9 Å². The molecule has 0 spiro atoms. The Bertz CT molecular complexity index is 650. The van der Waals surface area contributed by atoms with Gasteiger partial charge in [0.25, 0.3) is 0 Å². The fraction of sp³-hybridized carbons (Fsp3) is 0.333. The van der Waals surface area contributed by atoms with Crippen molar-refractivity contribution in [2.45, 2.75) is 17.2 Å². The highest BCUT2D eigenvalue weighted by molar-refractivity contribution is 7.89. The van der Waals surface area contributed by atoms with Gasteiger partial charge in [0.2, 0.25) is 10.0 Å². The molecule has 0 amide bonds. The van der Waals surface area contributed by atoms with E-state index in [1.807, 2.05) is 0 Å². The molecule has 116 valence electrons. The van der Waals surface area contributed by atoms with Crippen LogP contribution in [0.3, 0.4) is 0 Å². The smallest absolute Gasteiger partial charge is 0.320 e. The molecule has 1 aromatic carbocycles. The van der Waals surface area contributed by atoms with Crippen LogP contribution in [-0.4, -0.2) is 39.0 Å². The van der Waals surface area contributed by atoms with Crippen LogP contribution in [-0.2, 0) is 10.0 Å². The van der Waals surface area contributed by atoms with Gasteiger partial charge in [-0.2, -0.15) is 8.78 Å². The Labute approximate surface area is 118 Å². The van der Waals surface area contributed by atoms with Gasteiger partial charge in [0.1, 0.15) is 6.61 Å². The molecule has 0 aromatic heterocycles. The number of sulfonamides is 1. The third kappa shape index (κ3) is 5.00. The Kier molecular flexibility index (Phi) is 5.71. The van der Waals surface area contributed by atoms with Crippen molar-refractivity contribution in [3.8, 4) is 11.8 Å². The van der Waals surface area contributed by atoms with Crippen LogP contribution in [0.1, 0.15) is 5.56 Å². The topological polar surface area (TPSA) is 66.4 Å². The van der Waals surface area contributed by atoms with Gasteiger partial charge in [0, 0.05) is 5.56 Å². The quantitative estimate of drug-likeness (QED) is 0.632. The molecular weight excluding hydrogens is 314 g/mol. The molecule has 2 N–H and O–H groups in total. The molecule has 1 rings (SSSR count). The molecular formula is C12H11F4NO3S. The largest absolute Gasteiger partial charge is 0.384 e. The summed E-state index contributed by atoms with van der Waals surface area (Å²) in [6.07, 6.45) is -3.97. The third-order valence-corrected chi connectivity index (χ3v) is 3.67. The highest BCUT2D eigenvalue weighted by Crippen LogP contribution is 2.22. The van der Waals surface area contributed by atoms with Gasteiger partial charge in [-0.25, -0.2) is 21.9 Å². The van der Waals surface area contributed by atoms with Crippen molar-refractivity contribution in [1.29, 1.82) is 0 Å². The molecule has 0 saturated heterocycles. The standard InChI is InChI=1S/C12H11F4NO3S/c13-11(14)12(15,16)8-17-21(19,20)10-5-1-3-9(7-10)4-2-6-18/h1,3,5,7,11,17-18H,6,8H2. The van der Waals surface area contributed by atoms with Crippen LogP contribution in [0, 0.1) is 11.8 Å². The number of halogens is 4. The summed E-state index contributed by atoms with van der Waals surface area (Å²) in [6.45, 7) is -2.14. The lowest BCUT2D eigenvalue weighted by atomic mass is 10.2. The van der Waals surface area contributed by atoms with E-state index in [0.29, 0.717) is 0 Å². The number of aliphatic hydroxyl groups is 1. The number of aliphatic hydroxyl groups excluding tert-OH is 1. The average molecular weight is 325 g/mol. The number of alkyl halides is 4. The Hall–Kier alpha value is -1.63. The zero-order valence-corrected chi connectivity index (χ0v) is 11.3. The maximum absolute atomic E-state index is 12.7. The molecule has 9 heteroatoms. The van der Waals surface area contributed by atoms with Crippen LogP contribution in [0.15, 0.2) is 29.2 Å². The number of hydrogen-bond acceptors (Lipinski definition) is 3. The minimum Gasteiger partial charge on any atom is -0.384 e. The van der Waals surface area contributed by atoms with Gasteiger partial charge in [-0.15, -0.1) is 0 Å². The van der Waals surface area contributed by atoms with Gasteiger partial charge in [-0.05, 0) is 18.2 Å². The summed E-state index contributed by atoms with van der Waals surface area (Å²) in [6, 6.07) is 4.93. The predicted octanol–water partition coefficient (Wildman–Crippen LogP) is 1.21. The molecule has 21 heavy (non-hydrogen) atoms. The SMILES string of the molecule is O=S(=O)(NCC(F)(F)C(F)F)c1cccc(C#CCO)c1. The fourth-order valence-corrected chi connectivity index (χ4v) is 2.32. The van der Waals surface area contributed by atoms with E-state index in [9.17, 15) is 26.0 Å². The summed E-state index contributed by atoms with van der Waals surface area (Å²) in [5.41, 5.74) is 0.229. The Morgan fingerprint density at radius 2 is 2.00 bits per heavy atom. The van der Waals surface area contributed by atoms with Crippen molar-refractivity contribution in [3.05, 3.63) is 29.8 Å². The first kappa shape index (κ1) is 17.4. The van der Waals surface area contributed by atoms with Gasteiger partial charge < -0.3 is 5.11 Å². The van der Waals surface area contributed by atoms with Crippen molar-refractivity contribution < 1.29 is 31.1 Å². The second kappa shape index (κ2) is 6.89. The summed E-state index contributed by atoms with van der Waals surface area (Å²) in [5.74, 6) is 0.266. The molecule has 0 unspecified atom stereocenters.